The molecule has 4 heteroatoms. The topological polar surface area (TPSA) is 44.8 Å². The number of ether oxygens (including phenoxy) is 3. The molecule has 2 aromatic carbocycles. The van der Waals surface area contributed by atoms with Crippen molar-refractivity contribution in [2.24, 2.45) is 0 Å². The molecular weight excluding hydrogens is 304 g/mol. The molecule has 0 spiro atoms. The van der Waals surface area contributed by atoms with E-state index in [1.165, 1.54) is 11.1 Å². The number of carbonyl (C=O) groups is 1. The van der Waals surface area contributed by atoms with Crippen molar-refractivity contribution in [3.63, 3.8) is 0 Å². The largest absolute Gasteiger partial charge is 0.490 e. The van der Waals surface area contributed by atoms with E-state index >= 15 is 0 Å². The molecule has 126 valence electrons. The number of benzene rings is 2. The standard InChI is InChI=1S/C20H22O4/c1-22-12-13-23-19-9-5-4-8-18(19)20(21)24-17-11-10-15-6-2-3-7-16(15)14-17/h2-9,17H,10-14H2,1H3. The highest BCUT2D eigenvalue weighted by Gasteiger charge is 2.23. The molecular formula is C20H22O4. The van der Waals surface area contributed by atoms with Gasteiger partial charge in [-0.3, -0.25) is 0 Å². The molecule has 1 unspecified atom stereocenters. The SMILES string of the molecule is COCCOc1ccccc1C(=O)OC1CCc2ccccc2C1. The monoisotopic (exact) mass is 326 g/mol. The third kappa shape index (κ3) is 3.95. The van der Waals surface area contributed by atoms with E-state index in [-0.39, 0.29) is 12.1 Å². The van der Waals surface area contributed by atoms with Gasteiger partial charge in [-0.25, -0.2) is 4.79 Å². The van der Waals surface area contributed by atoms with E-state index in [0.29, 0.717) is 24.5 Å². The van der Waals surface area contributed by atoms with Crippen LogP contribution in [-0.4, -0.2) is 32.4 Å². The number of methoxy groups -OCH3 is 1. The first-order chi connectivity index (χ1) is 11.8. The van der Waals surface area contributed by atoms with Crippen molar-refractivity contribution in [2.45, 2.75) is 25.4 Å². The Labute approximate surface area is 142 Å². The van der Waals surface area contributed by atoms with Crippen LogP contribution in [0, 0.1) is 0 Å². The van der Waals surface area contributed by atoms with Gasteiger partial charge < -0.3 is 14.2 Å². The smallest absolute Gasteiger partial charge is 0.342 e. The van der Waals surface area contributed by atoms with Crippen molar-refractivity contribution in [1.82, 2.24) is 0 Å². The van der Waals surface area contributed by atoms with Gasteiger partial charge in [0, 0.05) is 13.5 Å². The second-order valence-electron chi connectivity index (χ2n) is 5.88. The molecule has 0 aliphatic heterocycles. The summed E-state index contributed by atoms with van der Waals surface area (Å²) < 4.78 is 16.3. The Bertz CT molecular complexity index is 696. The Morgan fingerprint density at radius 1 is 1.04 bits per heavy atom. The second kappa shape index (κ2) is 7.97. The van der Waals surface area contributed by atoms with Crippen LogP contribution in [0.15, 0.2) is 48.5 Å². The van der Waals surface area contributed by atoms with Gasteiger partial charge in [0.05, 0.1) is 6.61 Å². The summed E-state index contributed by atoms with van der Waals surface area (Å²) in [4.78, 5) is 12.5. The van der Waals surface area contributed by atoms with E-state index in [2.05, 4.69) is 18.2 Å². The number of hydrogen-bond acceptors (Lipinski definition) is 4. The highest BCUT2D eigenvalue weighted by molar-refractivity contribution is 5.92. The number of hydrogen-bond donors (Lipinski definition) is 0. The number of para-hydroxylation sites is 1. The van der Waals surface area contributed by atoms with Gasteiger partial charge in [-0.1, -0.05) is 36.4 Å². The predicted octanol–water partition coefficient (Wildman–Crippen LogP) is 3.43. The summed E-state index contributed by atoms with van der Waals surface area (Å²) in [6.07, 6.45) is 2.49. The lowest BCUT2D eigenvalue weighted by atomic mass is 9.90. The number of esters is 1. The maximum atomic E-state index is 12.5. The van der Waals surface area contributed by atoms with Crippen LogP contribution in [0.25, 0.3) is 0 Å². The molecule has 0 fully saturated rings. The van der Waals surface area contributed by atoms with Crippen LogP contribution < -0.4 is 4.74 Å². The number of rotatable bonds is 6. The zero-order valence-corrected chi connectivity index (χ0v) is 13.9. The van der Waals surface area contributed by atoms with Gasteiger partial charge in [0.2, 0.25) is 0 Å². The van der Waals surface area contributed by atoms with Gasteiger partial charge >= 0.3 is 5.97 Å². The molecule has 0 bridgehead atoms. The van der Waals surface area contributed by atoms with Crippen LogP contribution in [0.4, 0.5) is 0 Å². The minimum Gasteiger partial charge on any atom is -0.490 e. The lowest BCUT2D eigenvalue weighted by Gasteiger charge is -2.25. The van der Waals surface area contributed by atoms with Gasteiger partial charge in [-0.15, -0.1) is 0 Å². The van der Waals surface area contributed by atoms with E-state index in [4.69, 9.17) is 14.2 Å². The minimum absolute atomic E-state index is 0.0839. The summed E-state index contributed by atoms with van der Waals surface area (Å²) in [6, 6.07) is 15.5. The summed E-state index contributed by atoms with van der Waals surface area (Å²) in [5.74, 6) is 0.211. The Kier molecular flexibility index (Phi) is 5.49. The van der Waals surface area contributed by atoms with Crippen LogP contribution in [0.1, 0.15) is 27.9 Å². The Balaban J connectivity index is 1.65. The maximum absolute atomic E-state index is 12.5. The fourth-order valence-corrected chi connectivity index (χ4v) is 2.98. The molecule has 0 saturated carbocycles. The van der Waals surface area contributed by atoms with Crippen molar-refractivity contribution >= 4 is 5.97 Å². The van der Waals surface area contributed by atoms with E-state index in [1.807, 2.05) is 18.2 Å². The Morgan fingerprint density at radius 3 is 2.62 bits per heavy atom. The van der Waals surface area contributed by atoms with E-state index < -0.39 is 0 Å². The molecule has 0 aromatic heterocycles. The molecule has 4 nitrogen and oxygen atoms in total. The molecule has 1 aliphatic rings. The first-order valence-electron chi connectivity index (χ1n) is 8.26. The third-order valence-electron chi connectivity index (χ3n) is 4.23. The fraction of sp³-hybridized carbons (Fsp3) is 0.350. The predicted molar refractivity (Wildman–Crippen MR) is 91.5 cm³/mol. The van der Waals surface area contributed by atoms with E-state index in [0.717, 1.165) is 19.3 Å². The summed E-state index contributed by atoms with van der Waals surface area (Å²) >= 11 is 0. The summed E-state index contributed by atoms with van der Waals surface area (Å²) in [5.41, 5.74) is 3.09. The van der Waals surface area contributed by atoms with Crippen LogP contribution in [0.3, 0.4) is 0 Å². The zero-order chi connectivity index (χ0) is 16.8. The first-order valence-corrected chi connectivity index (χ1v) is 8.26. The molecule has 0 amide bonds. The van der Waals surface area contributed by atoms with Crippen molar-refractivity contribution in [1.29, 1.82) is 0 Å². The van der Waals surface area contributed by atoms with Crippen LogP contribution in [0.5, 0.6) is 5.75 Å². The highest BCUT2D eigenvalue weighted by Crippen LogP contribution is 2.25. The molecule has 0 radical (unpaired) electrons. The van der Waals surface area contributed by atoms with Gasteiger partial charge in [0.15, 0.2) is 0 Å². The maximum Gasteiger partial charge on any atom is 0.342 e. The molecule has 1 atom stereocenters. The second-order valence-corrected chi connectivity index (χ2v) is 5.88. The van der Waals surface area contributed by atoms with Crippen LogP contribution >= 0.6 is 0 Å². The van der Waals surface area contributed by atoms with Crippen molar-refractivity contribution in [3.8, 4) is 5.75 Å². The average molecular weight is 326 g/mol. The highest BCUT2D eigenvalue weighted by atomic mass is 16.5. The Hall–Kier alpha value is -2.33. The molecule has 24 heavy (non-hydrogen) atoms. The van der Waals surface area contributed by atoms with E-state index in [9.17, 15) is 4.79 Å². The minimum atomic E-state index is -0.326. The summed E-state index contributed by atoms with van der Waals surface area (Å²) in [5, 5.41) is 0. The van der Waals surface area contributed by atoms with Crippen molar-refractivity contribution in [3.05, 3.63) is 65.2 Å². The van der Waals surface area contributed by atoms with Crippen LogP contribution in [-0.2, 0) is 22.3 Å². The Morgan fingerprint density at radius 2 is 1.79 bits per heavy atom. The van der Waals surface area contributed by atoms with Gasteiger partial charge in [-0.2, -0.15) is 0 Å². The van der Waals surface area contributed by atoms with E-state index in [1.54, 1.807) is 19.2 Å². The van der Waals surface area contributed by atoms with Crippen molar-refractivity contribution in [2.75, 3.05) is 20.3 Å². The number of fused-ring (bicyclic) bond motifs is 1. The van der Waals surface area contributed by atoms with Crippen molar-refractivity contribution < 1.29 is 19.0 Å². The summed E-state index contributed by atoms with van der Waals surface area (Å²) in [6.45, 7) is 0.875. The van der Waals surface area contributed by atoms with Crippen LogP contribution in [0.2, 0.25) is 0 Å². The van der Waals surface area contributed by atoms with Gasteiger partial charge in [-0.05, 0) is 36.1 Å². The average Bonchev–Trinajstić information content (AvgIpc) is 2.62. The normalized spacial score (nSPS) is 16.3. The third-order valence-corrected chi connectivity index (χ3v) is 4.23. The number of aryl methyl sites for hydroxylation is 1. The molecule has 2 aromatic rings. The lowest BCUT2D eigenvalue weighted by molar-refractivity contribution is 0.0265. The lowest BCUT2D eigenvalue weighted by Crippen LogP contribution is -2.25. The quantitative estimate of drug-likeness (QED) is 0.603. The van der Waals surface area contributed by atoms with Gasteiger partial charge in [0.1, 0.15) is 24.0 Å². The first kappa shape index (κ1) is 16.5. The zero-order valence-electron chi connectivity index (χ0n) is 13.9. The fourth-order valence-electron chi connectivity index (χ4n) is 2.98. The molecule has 3 rings (SSSR count). The molecule has 1 aliphatic carbocycles. The molecule has 0 heterocycles. The summed E-state index contributed by atoms with van der Waals surface area (Å²) in [7, 11) is 1.62. The molecule has 0 saturated heterocycles. The number of carbonyl (C=O) groups excluding carboxylic acids is 1. The van der Waals surface area contributed by atoms with Gasteiger partial charge in [0.25, 0.3) is 0 Å². The molecule has 0 N–H and O–H groups in total.